The maximum Gasteiger partial charge on any atom is 0.389 e. The molecule has 0 saturated heterocycles. The molecule has 0 aromatic heterocycles. The van der Waals surface area contributed by atoms with Crippen LogP contribution in [0.15, 0.2) is 18.2 Å². The summed E-state index contributed by atoms with van der Waals surface area (Å²) in [6.07, 6.45) is -4.80. The molecule has 16 heavy (non-hydrogen) atoms. The summed E-state index contributed by atoms with van der Waals surface area (Å²) in [6.45, 7) is 2.14. The van der Waals surface area contributed by atoms with Crippen LogP contribution in [0, 0.1) is 6.92 Å². The molecule has 0 aliphatic carbocycles. The average molecular weight is 232 g/mol. The number of anilines is 2. The van der Waals surface area contributed by atoms with Crippen LogP contribution >= 0.6 is 0 Å². The summed E-state index contributed by atoms with van der Waals surface area (Å²) in [5.41, 5.74) is 7.93. The molecule has 1 aromatic rings. The Labute approximate surface area is 92.6 Å². The van der Waals surface area contributed by atoms with E-state index < -0.39 is 12.6 Å². The molecule has 0 heterocycles. The second-order valence-electron chi connectivity index (χ2n) is 3.68. The van der Waals surface area contributed by atoms with Crippen LogP contribution in [0.5, 0.6) is 0 Å². The summed E-state index contributed by atoms with van der Waals surface area (Å²) in [7, 11) is 0. The molecule has 5 heteroatoms. The van der Waals surface area contributed by atoms with Gasteiger partial charge in [0.25, 0.3) is 0 Å². The highest BCUT2D eigenvalue weighted by Gasteiger charge is 2.25. The minimum absolute atomic E-state index is 0.0529. The lowest BCUT2D eigenvalue weighted by molar-refractivity contribution is -0.134. The molecule has 0 amide bonds. The summed E-state index contributed by atoms with van der Waals surface area (Å²) < 4.78 is 35.7. The van der Waals surface area contributed by atoms with Gasteiger partial charge in [0.15, 0.2) is 0 Å². The normalized spacial score (nSPS) is 11.5. The molecule has 0 aliphatic heterocycles. The van der Waals surface area contributed by atoms with E-state index in [0.717, 1.165) is 11.3 Å². The summed E-state index contributed by atoms with van der Waals surface area (Å²) in [5, 5.41) is 2.93. The van der Waals surface area contributed by atoms with Crippen molar-refractivity contribution in [2.45, 2.75) is 25.9 Å². The van der Waals surface area contributed by atoms with Crippen LogP contribution in [-0.4, -0.2) is 12.7 Å². The Balaban J connectivity index is 2.43. The van der Waals surface area contributed by atoms with Gasteiger partial charge in [-0.25, -0.2) is 0 Å². The average Bonchev–Trinajstić information content (AvgIpc) is 2.14. The molecule has 3 N–H and O–H groups in total. The van der Waals surface area contributed by atoms with Gasteiger partial charge in [-0.2, -0.15) is 13.2 Å². The first-order valence-corrected chi connectivity index (χ1v) is 5.06. The first-order chi connectivity index (χ1) is 7.40. The predicted octanol–water partition coefficient (Wildman–Crippen LogP) is 3.33. The maximum absolute atomic E-state index is 11.9. The number of aryl methyl sites for hydroxylation is 1. The van der Waals surface area contributed by atoms with E-state index in [-0.39, 0.29) is 13.0 Å². The molecule has 1 aromatic carbocycles. The highest BCUT2D eigenvalue weighted by atomic mass is 19.4. The largest absolute Gasteiger partial charge is 0.397 e. The number of benzene rings is 1. The smallest absolute Gasteiger partial charge is 0.389 e. The zero-order valence-electron chi connectivity index (χ0n) is 9.06. The van der Waals surface area contributed by atoms with Gasteiger partial charge in [0.1, 0.15) is 0 Å². The third-order valence-corrected chi connectivity index (χ3v) is 2.24. The number of hydrogen-bond acceptors (Lipinski definition) is 2. The van der Waals surface area contributed by atoms with Crippen molar-refractivity contribution in [1.82, 2.24) is 0 Å². The Hall–Kier alpha value is -1.39. The standard InChI is InChI=1S/C11H15F3N2/c1-8-4-2-5-9(15)10(8)16-7-3-6-11(12,13)14/h2,4-5,16H,3,6-7,15H2,1H3. The third kappa shape index (κ3) is 4.00. The molecule has 0 spiro atoms. The molecule has 90 valence electrons. The van der Waals surface area contributed by atoms with Crippen LogP contribution in [0.1, 0.15) is 18.4 Å². The lowest BCUT2D eigenvalue weighted by Crippen LogP contribution is -2.12. The topological polar surface area (TPSA) is 38.0 Å². The van der Waals surface area contributed by atoms with Gasteiger partial charge in [-0.3, -0.25) is 0 Å². The van der Waals surface area contributed by atoms with Crippen molar-refractivity contribution in [2.75, 3.05) is 17.6 Å². The lowest BCUT2D eigenvalue weighted by atomic mass is 10.1. The van der Waals surface area contributed by atoms with Gasteiger partial charge in [-0.1, -0.05) is 12.1 Å². The molecule has 2 nitrogen and oxygen atoms in total. The Morgan fingerprint density at radius 3 is 2.56 bits per heavy atom. The van der Waals surface area contributed by atoms with Crippen molar-refractivity contribution in [3.8, 4) is 0 Å². The summed E-state index contributed by atoms with van der Waals surface area (Å²) in [4.78, 5) is 0. The lowest BCUT2D eigenvalue weighted by Gasteiger charge is -2.12. The number of para-hydroxylation sites is 1. The Morgan fingerprint density at radius 1 is 1.31 bits per heavy atom. The second-order valence-corrected chi connectivity index (χ2v) is 3.68. The second kappa shape index (κ2) is 5.09. The fourth-order valence-corrected chi connectivity index (χ4v) is 1.43. The number of nitrogen functional groups attached to an aromatic ring is 1. The Morgan fingerprint density at radius 2 is 2.00 bits per heavy atom. The molecular weight excluding hydrogens is 217 g/mol. The van der Waals surface area contributed by atoms with Gasteiger partial charge in [0.2, 0.25) is 0 Å². The Kier molecular flexibility index (Phi) is 4.04. The van der Waals surface area contributed by atoms with E-state index in [4.69, 9.17) is 5.73 Å². The zero-order valence-corrected chi connectivity index (χ0v) is 9.06. The van der Waals surface area contributed by atoms with Crippen LogP contribution in [0.3, 0.4) is 0 Å². The molecule has 0 fully saturated rings. The summed E-state index contributed by atoms with van der Waals surface area (Å²) in [5.74, 6) is 0. The van der Waals surface area contributed by atoms with E-state index in [0.29, 0.717) is 5.69 Å². The van der Waals surface area contributed by atoms with E-state index in [9.17, 15) is 13.2 Å². The van der Waals surface area contributed by atoms with Crippen LogP contribution < -0.4 is 11.1 Å². The number of halogens is 3. The van der Waals surface area contributed by atoms with Gasteiger partial charge in [-0.05, 0) is 25.0 Å². The molecule has 0 saturated carbocycles. The van der Waals surface area contributed by atoms with Crippen molar-refractivity contribution in [1.29, 1.82) is 0 Å². The number of nitrogens with two attached hydrogens (primary N) is 1. The van der Waals surface area contributed by atoms with Crippen molar-refractivity contribution in [3.05, 3.63) is 23.8 Å². The SMILES string of the molecule is Cc1cccc(N)c1NCCCC(F)(F)F. The van der Waals surface area contributed by atoms with Crippen LogP contribution in [0.2, 0.25) is 0 Å². The van der Waals surface area contributed by atoms with E-state index >= 15 is 0 Å². The minimum atomic E-state index is -4.08. The molecule has 0 aliphatic rings. The van der Waals surface area contributed by atoms with Crippen molar-refractivity contribution >= 4 is 11.4 Å². The Bertz CT molecular complexity index is 327. The first kappa shape index (κ1) is 12.7. The summed E-state index contributed by atoms with van der Waals surface area (Å²) in [6, 6.07) is 5.40. The molecule has 0 radical (unpaired) electrons. The maximum atomic E-state index is 11.9. The summed E-state index contributed by atoms with van der Waals surface area (Å²) >= 11 is 0. The monoisotopic (exact) mass is 232 g/mol. The van der Waals surface area contributed by atoms with Gasteiger partial charge in [0, 0.05) is 13.0 Å². The molecule has 1 rings (SSSR count). The molecule has 0 bridgehead atoms. The first-order valence-electron chi connectivity index (χ1n) is 5.06. The highest BCUT2D eigenvalue weighted by Crippen LogP contribution is 2.24. The number of hydrogen-bond donors (Lipinski definition) is 2. The molecule has 0 atom stereocenters. The van der Waals surface area contributed by atoms with Crippen LogP contribution in [0.4, 0.5) is 24.5 Å². The fourth-order valence-electron chi connectivity index (χ4n) is 1.43. The van der Waals surface area contributed by atoms with Crippen LogP contribution in [-0.2, 0) is 0 Å². The third-order valence-electron chi connectivity index (χ3n) is 2.24. The zero-order chi connectivity index (χ0) is 12.2. The van der Waals surface area contributed by atoms with Gasteiger partial charge < -0.3 is 11.1 Å². The van der Waals surface area contributed by atoms with Gasteiger partial charge in [0.05, 0.1) is 11.4 Å². The number of rotatable bonds is 4. The van der Waals surface area contributed by atoms with E-state index in [2.05, 4.69) is 5.32 Å². The van der Waals surface area contributed by atoms with Gasteiger partial charge in [-0.15, -0.1) is 0 Å². The molecule has 0 unspecified atom stereocenters. The highest BCUT2D eigenvalue weighted by molar-refractivity contribution is 5.69. The van der Waals surface area contributed by atoms with Crippen molar-refractivity contribution in [2.24, 2.45) is 0 Å². The number of nitrogens with one attached hydrogen (secondary N) is 1. The van der Waals surface area contributed by atoms with Crippen molar-refractivity contribution < 1.29 is 13.2 Å². The van der Waals surface area contributed by atoms with E-state index in [1.54, 1.807) is 6.07 Å². The van der Waals surface area contributed by atoms with E-state index in [1.165, 1.54) is 0 Å². The molecular formula is C11H15F3N2. The number of alkyl halides is 3. The van der Waals surface area contributed by atoms with Crippen molar-refractivity contribution in [3.63, 3.8) is 0 Å². The van der Waals surface area contributed by atoms with Crippen LogP contribution in [0.25, 0.3) is 0 Å². The van der Waals surface area contributed by atoms with Gasteiger partial charge >= 0.3 is 6.18 Å². The minimum Gasteiger partial charge on any atom is -0.397 e. The quantitative estimate of drug-likeness (QED) is 0.617. The van der Waals surface area contributed by atoms with E-state index in [1.807, 2.05) is 19.1 Å². The predicted molar refractivity (Wildman–Crippen MR) is 59.4 cm³/mol. The fraction of sp³-hybridized carbons (Fsp3) is 0.455.